The van der Waals surface area contributed by atoms with Crippen LogP contribution in [-0.4, -0.2) is 40.4 Å². The molecule has 0 saturated carbocycles. The number of carbonyl (C=O) groups excluding carboxylic acids is 2. The van der Waals surface area contributed by atoms with Crippen LogP contribution in [0.5, 0.6) is 5.75 Å². The van der Waals surface area contributed by atoms with Crippen LogP contribution >= 0.6 is 0 Å². The largest absolute Gasteiger partial charge is 0.484 e. The number of benzene rings is 1. The molecular weight excluding hydrogens is 284 g/mol. The van der Waals surface area contributed by atoms with Crippen LogP contribution in [0.3, 0.4) is 0 Å². The Labute approximate surface area is 126 Å². The van der Waals surface area contributed by atoms with E-state index in [2.05, 4.69) is 5.16 Å². The number of para-hydroxylation sites is 1. The number of ketones is 1. The molecule has 0 bridgehead atoms. The fourth-order valence-electron chi connectivity index (χ4n) is 3.17. The summed E-state index contributed by atoms with van der Waals surface area (Å²) < 4.78 is 11.0. The Hall–Kier alpha value is -2.63. The number of hydrogen-bond donors (Lipinski definition) is 0. The van der Waals surface area contributed by atoms with E-state index in [9.17, 15) is 9.59 Å². The first-order valence-corrected chi connectivity index (χ1v) is 7.18. The van der Waals surface area contributed by atoms with Crippen LogP contribution in [0.2, 0.25) is 0 Å². The van der Waals surface area contributed by atoms with Gasteiger partial charge in [-0.2, -0.15) is 0 Å². The van der Waals surface area contributed by atoms with Crippen LogP contribution in [0.1, 0.15) is 33.8 Å². The second-order valence-electron chi connectivity index (χ2n) is 5.73. The molecule has 1 amide bonds. The normalized spacial score (nSPS) is 23.5. The molecule has 3 heterocycles. The lowest BCUT2D eigenvalue weighted by Gasteiger charge is -2.34. The van der Waals surface area contributed by atoms with Gasteiger partial charge in [-0.15, -0.1) is 0 Å². The standard InChI is InChI=1S/C16H14N2O4/c19-12-9-16(21-13-4-2-1-3-11(12)13)6-8-18(10-16)15(20)14-5-7-17-22-14/h1-5,7H,6,8-10H2. The van der Waals surface area contributed by atoms with E-state index in [0.29, 0.717) is 37.2 Å². The van der Waals surface area contributed by atoms with E-state index in [4.69, 9.17) is 9.26 Å². The van der Waals surface area contributed by atoms with E-state index < -0.39 is 5.60 Å². The quantitative estimate of drug-likeness (QED) is 0.804. The molecule has 0 N–H and O–H groups in total. The average molecular weight is 298 g/mol. The van der Waals surface area contributed by atoms with Gasteiger partial charge < -0.3 is 14.2 Å². The molecule has 1 aromatic heterocycles. The summed E-state index contributed by atoms with van der Waals surface area (Å²) in [5, 5.41) is 3.55. The smallest absolute Gasteiger partial charge is 0.292 e. The third kappa shape index (κ3) is 1.99. The molecule has 1 saturated heterocycles. The van der Waals surface area contributed by atoms with E-state index in [1.807, 2.05) is 12.1 Å². The first-order chi connectivity index (χ1) is 10.7. The number of hydrogen-bond acceptors (Lipinski definition) is 5. The van der Waals surface area contributed by atoms with Crippen LogP contribution in [0.15, 0.2) is 41.1 Å². The number of fused-ring (bicyclic) bond motifs is 1. The molecule has 4 rings (SSSR count). The highest BCUT2D eigenvalue weighted by molar-refractivity contribution is 6.00. The Bertz CT molecular complexity index is 740. The molecule has 0 radical (unpaired) electrons. The monoisotopic (exact) mass is 298 g/mol. The van der Waals surface area contributed by atoms with Crippen molar-refractivity contribution in [3.05, 3.63) is 47.9 Å². The zero-order chi connectivity index (χ0) is 15.2. The minimum absolute atomic E-state index is 0.0656. The fraction of sp³-hybridized carbons (Fsp3) is 0.312. The van der Waals surface area contributed by atoms with Crippen molar-refractivity contribution in [2.75, 3.05) is 13.1 Å². The predicted octanol–water partition coefficient (Wildman–Crippen LogP) is 1.92. The van der Waals surface area contributed by atoms with Crippen LogP contribution in [0.25, 0.3) is 0 Å². The summed E-state index contributed by atoms with van der Waals surface area (Å²) in [5.74, 6) is 0.660. The lowest BCUT2D eigenvalue weighted by molar-refractivity contribution is 0.0419. The first kappa shape index (κ1) is 13.1. The van der Waals surface area contributed by atoms with Gasteiger partial charge in [-0.25, -0.2) is 0 Å². The summed E-state index contributed by atoms with van der Waals surface area (Å²) in [7, 11) is 0. The second kappa shape index (κ2) is 4.69. The number of nitrogens with zero attached hydrogens (tertiary/aromatic N) is 2. The Morgan fingerprint density at radius 2 is 2.14 bits per heavy atom. The number of carbonyl (C=O) groups is 2. The SMILES string of the molecule is O=C1CC2(CCN(C(=O)c3ccno3)C2)Oc2ccccc21. The van der Waals surface area contributed by atoms with Gasteiger partial charge in [0.15, 0.2) is 5.78 Å². The van der Waals surface area contributed by atoms with Crippen molar-refractivity contribution in [3.8, 4) is 5.75 Å². The van der Waals surface area contributed by atoms with E-state index in [1.165, 1.54) is 12.3 Å². The van der Waals surface area contributed by atoms with Gasteiger partial charge in [0, 0.05) is 19.0 Å². The molecule has 2 aliphatic heterocycles. The third-order valence-electron chi connectivity index (χ3n) is 4.25. The molecular formula is C16H14N2O4. The number of likely N-dealkylation sites (tertiary alicyclic amines) is 1. The topological polar surface area (TPSA) is 72.6 Å². The maximum absolute atomic E-state index is 12.3. The van der Waals surface area contributed by atoms with Crippen molar-refractivity contribution in [2.24, 2.45) is 0 Å². The highest BCUT2D eigenvalue weighted by Gasteiger charge is 2.47. The highest BCUT2D eigenvalue weighted by atomic mass is 16.5. The van der Waals surface area contributed by atoms with Crippen LogP contribution in [-0.2, 0) is 0 Å². The predicted molar refractivity (Wildman–Crippen MR) is 75.8 cm³/mol. The van der Waals surface area contributed by atoms with Gasteiger partial charge in [0.1, 0.15) is 11.4 Å². The van der Waals surface area contributed by atoms with Crippen LogP contribution in [0.4, 0.5) is 0 Å². The molecule has 112 valence electrons. The summed E-state index contributed by atoms with van der Waals surface area (Å²) in [6.45, 7) is 0.918. The fourth-order valence-corrected chi connectivity index (χ4v) is 3.17. The summed E-state index contributed by atoms with van der Waals surface area (Å²) in [6.07, 6.45) is 2.37. The Kier molecular flexibility index (Phi) is 2.79. The van der Waals surface area contributed by atoms with E-state index in [0.717, 1.165) is 0 Å². The van der Waals surface area contributed by atoms with Gasteiger partial charge in [-0.1, -0.05) is 17.3 Å². The average Bonchev–Trinajstić information content (AvgIpc) is 3.17. The third-order valence-corrected chi connectivity index (χ3v) is 4.25. The summed E-state index contributed by atoms with van der Waals surface area (Å²) in [5.41, 5.74) is -0.00525. The van der Waals surface area contributed by atoms with Gasteiger partial charge in [0.25, 0.3) is 5.91 Å². The van der Waals surface area contributed by atoms with Crippen molar-refractivity contribution < 1.29 is 18.8 Å². The lowest BCUT2D eigenvalue weighted by atomic mass is 9.89. The Balaban J connectivity index is 1.58. The maximum Gasteiger partial charge on any atom is 0.292 e. The summed E-state index contributed by atoms with van der Waals surface area (Å²) in [4.78, 5) is 26.3. The van der Waals surface area contributed by atoms with Crippen LogP contribution < -0.4 is 4.74 Å². The number of aromatic nitrogens is 1. The molecule has 1 aromatic carbocycles. The van der Waals surface area contributed by atoms with Gasteiger partial charge in [-0.05, 0) is 12.1 Å². The maximum atomic E-state index is 12.3. The molecule has 0 aliphatic carbocycles. The van der Waals surface area contributed by atoms with Gasteiger partial charge in [0.05, 0.1) is 24.7 Å². The number of Topliss-reactive ketones (excluding diaryl/α,β-unsaturated/α-hetero) is 1. The molecule has 1 fully saturated rings. The summed E-state index contributed by atoms with van der Waals surface area (Å²) in [6, 6.07) is 8.78. The zero-order valence-corrected chi connectivity index (χ0v) is 11.8. The van der Waals surface area contributed by atoms with Crippen molar-refractivity contribution in [1.82, 2.24) is 10.1 Å². The molecule has 1 spiro atoms. The van der Waals surface area contributed by atoms with Crippen LogP contribution in [0, 0.1) is 0 Å². The summed E-state index contributed by atoms with van der Waals surface area (Å²) >= 11 is 0. The van der Waals surface area contributed by atoms with Gasteiger partial charge in [0.2, 0.25) is 5.76 Å². The number of amides is 1. The van der Waals surface area contributed by atoms with E-state index >= 15 is 0 Å². The van der Waals surface area contributed by atoms with Crippen molar-refractivity contribution in [2.45, 2.75) is 18.4 Å². The molecule has 2 aromatic rings. The van der Waals surface area contributed by atoms with E-state index in [1.54, 1.807) is 17.0 Å². The Morgan fingerprint density at radius 1 is 1.27 bits per heavy atom. The number of rotatable bonds is 1. The van der Waals surface area contributed by atoms with E-state index in [-0.39, 0.29) is 17.5 Å². The molecule has 6 nitrogen and oxygen atoms in total. The second-order valence-corrected chi connectivity index (χ2v) is 5.73. The molecule has 22 heavy (non-hydrogen) atoms. The minimum Gasteiger partial charge on any atom is -0.484 e. The Morgan fingerprint density at radius 3 is 2.95 bits per heavy atom. The number of ether oxygens (including phenoxy) is 1. The molecule has 1 unspecified atom stereocenters. The van der Waals surface area contributed by atoms with Crippen molar-refractivity contribution >= 4 is 11.7 Å². The van der Waals surface area contributed by atoms with Crippen molar-refractivity contribution in [1.29, 1.82) is 0 Å². The highest BCUT2D eigenvalue weighted by Crippen LogP contribution is 2.38. The van der Waals surface area contributed by atoms with Gasteiger partial charge >= 0.3 is 0 Å². The van der Waals surface area contributed by atoms with Crippen molar-refractivity contribution in [3.63, 3.8) is 0 Å². The first-order valence-electron chi connectivity index (χ1n) is 7.18. The molecule has 2 aliphatic rings. The molecule has 1 atom stereocenters. The lowest BCUT2D eigenvalue weighted by Crippen LogP contribution is -2.45. The zero-order valence-electron chi connectivity index (χ0n) is 11.8. The molecule has 6 heteroatoms. The minimum atomic E-state index is -0.624. The van der Waals surface area contributed by atoms with Gasteiger partial charge in [-0.3, -0.25) is 9.59 Å².